The molecule has 22 heavy (non-hydrogen) atoms. The smallest absolute Gasteiger partial charge is 0.240 e. The van der Waals surface area contributed by atoms with E-state index in [0.717, 1.165) is 43.2 Å². The number of nitrogens with one attached hydrogen (secondary N) is 2. The van der Waals surface area contributed by atoms with Gasteiger partial charge in [-0.15, -0.1) is 11.8 Å². The van der Waals surface area contributed by atoms with E-state index in [1.807, 2.05) is 40.9 Å². The van der Waals surface area contributed by atoms with E-state index in [0.29, 0.717) is 11.6 Å². The molecule has 0 bridgehead atoms. The van der Waals surface area contributed by atoms with Crippen LogP contribution < -0.4 is 10.6 Å². The Balaban J connectivity index is 1.46. The van der Waals surface area contributed by atoms with Crippen LogP contribution in [-0.4, -0.2) is 47.6 Å². The topological polar surface area (TPSA) is 68.2 Å². The molecule has 0 aromatic heterocycles. The monoisotopic (exact) mass is 316 g/mol. The summed E-state index contributed by atoms with van der Waals surface area (Å²) in [6, 6.07) is 10.0. The van der Waals surface area contributed by atoms with Gasteiger partial charge in [0.05, 0.1) is 23.6 Å². The second-order valence-corrected chi connectivity index (χ2v) is 6.80. The molecule has 1 aromatic rings. The summed E-state index contributed by atoms with van der Waals surface area (Å²) in [5.41, 5.74) is 1.84. The predicted octanol–water partition coefficient (Wildman–Crippen LogP) is 0.911. The highest BCUT2D eigenvalue weighted by molar-refractivity contribution is 7.99. The van der Waals surface area contributed by atoms with E-state index >= 15 is 0 Å². The second-order valence-electron chi connectivity index (χ2n) is 5.72. The Morgan fingerprint density at radius 1 is 1.45 bits per heavy atom. The molecule has 2 atom stereocenters. The van der Waals surface area contributed by atoms with Crippen molar-refractivity contribution in [1.29, 1.82) is 5.26 Å². The lowest BCUT2D eigenvalue weighted by Gasteiger charge is -2.19. The normalized spacial score (nSPS) is 24.4. The zero-order valence-corrected chi connectivity index (χ0v) is 13.2. The van der Waals surface area contributed by atoms with Gasteiger partial charge in [-0.2, -0.15) is 5.26 Å². The molecule has 0 unspecified atom stereocenters. The van der Waals surface area contributed by atoms with Gasteiger partial charge in [0.15, 0.2) is 0 Å². The first kappa shape index (κ1) is 15.3. The lowest BCUT2D eigenvalue weighted by Crippen LogP contribution is -2.42. The van der Waals surface area contributed by atoms with Crippen LogP contribution in [0.2, 0.25) is 0 Å². The Morgan fingerprint density at radius 2 is 2.27 bits per heavy atom. The maximum atomic E-state index is 12.3. The fourth-order valence-electron chi connectivity index (χ4n) is 2.85. The van der Waals surface area contributed by atoms with Crippen LogP contribution in [-0.2, 0) is 11.3 Å². The third-order valence-corrected chi connectivity index (χ3v) is 5.14. The van der Waals surface area contributed by atoms with E-state index < -0.39 is 0 Å². The Bertz CT molecular complexity index is 563. The summed E-state index contributed by atoms with van der Waals surface area (Å²) in [5.74, 6) is 2.13. The fraction of sp³-hybridized carbons (Fsp3) is 0.500. The molecule has 5 nitrogen and oxygen atoms in total. The van der Waals surface area contributed by atoms with E-state index in [-0.39, 0.29) is 11.9 Å². The molecular formula is C16H20N4OS. The molecule has 2 aliphatic heterocycles. The summed E-state index contributed by atoms with van der Waals surface area (Å²) >= 11 is 1.82. The first-order valence-corrected chi connectivity index (χ1v) is 8.74. The molecule has 116 valence electrons. The van der Waals surface area contributed by atoms with Crippen molar-refractivity contribution in [3.8, 4) is 6.07 Å². The molecule has 0 aliphatic carbocycles. The van der Waals surface area contributed by atoms with Crippen molar-refractivity contribution >= 4 is 17.7 Å². The average molecular weight is 316 g/mol. The number of nitriles is 1. The molecule has 3 rings (SSSR count). The maximum Gasteiger partial charge on any atom is 0.240 e. The van der Waals surface area contributed by atoms with Gasteiger partial charge in [0.25, 0.3) is 0 Å². The largest absolute Gasteiger partial charge is 0.331 e. The highest BCUT2D eigenvalue weighted by atomic mass is 32.2. The molecule has 2 N–H and O–H groups in total. The van der Waals surface area contributed by atoms with Crippen molar-refractivity contribution in [2.24, 2.45) is 0 Å². The summed E-state index contributed by atoms with van der Waals surface area (Å²) in [4.78, 5) is 14.3. The van der Waals surface area contributed by atoms with Crippen molar-refractivity contribution in [2.45, 2.75) is 25.0 Å². The first-order chi connectivity index (χ1) is 10.8. The summed E-state index contributed by atoms with van der Waals surface area (Å²) in [5, 5.41) is 15.6. The number of rotatable bonds is 4. The van der Waals surface area contributed by atoms with Crippen molar-refractivity contribution in [1.82, 2.24) is 15.5 Å². The van der Waals surface area contributed by atoms with Crippen molar-refractivity contribution in [3.05, 3.63) is 35.4 Å². The fourth-order valence-corrected chi connectivity index (χ4v) is 3.80. The SMILES string of the molecule is N#Cc1ccc(CN[C@@H]2CN[C@H](C(=O)N3CCSC3)C2)cc1. The Kier molecular flexibility index (Phi) is 4.98. The van der Waals surface area contributed by atoms with E-state index in [4.69, 9.17) is 5.26 Å². The summed E-state index contributed by atoms with van der Waals surface area (Å²) in [7, 11) is 0. The number of thioether (sulfide) groups is 1. The minimum Gasteiger partial charge on any atom is -0.331 e. The Hall–Kier alpha value is -1.55. The molecule has 6 heteroatoms. The van der Waals surface area contributed by atoms with Crippen molar-refractivity contribution in [3.63, 3.8) is 0 Å². The molecular weight excluding hydrogens is 296 g/mol. The number of hydrogen-bond donors (Lipinski definition) is 2. The van der Waals surface area contributed by atoms with Crippen LogP contribution in [0.25, 0.3) is 0 Å². The average Bonchev–Trinajstić information content (AvgIpc) is 3.24. The highest BCUT2D eigenvalue weighted by Gasteiger charge is 2.32. The van der Waals surface area contributed by atoms with Crippen molar-refractivity contribution < 1.29 is 4.79 Å². The predicted molar refractivity (Wildman–Crippen MR) is 87.2 cm³/mol. The van der Waals surface area contributed by atoms with Crippen LogP contribution >= 0.6 is 11.8 Å². The van der Waals surface area contributed by atoms with Crippen LogP contribution in [0.3, 0.4) is 0 Å². The standard InChI is InChI=1S/C16H20N4OS/c17-8-12-1-3-13(4-2-12)9-18-14-7-15(19-10-14)16(21)20-5-6-22-11-20/h1-4,14-15,18-19H,5-7,9-11H2/t14-,15-/m0/s1. The van der Waals surface area contributed by atoms with Gasteiger partial charge in [0, 0.05) is 31.4 Å². The molecule has 0 saturated carbocycles. The van der Waals surface area contributed by atoms with Crippen molar-refractivity contribution in [2.75, 3.05) is 24.7 Å². The number of carbonyl (C=O) groups is 1. The molecule has 0 spiro atoms. The third-order valence-electron chi connectivity index (χ3n) is 4.17. The van der Waals surface area contributed by atoms with Gasteiger partial charge in [0.2, 0.25) is 5.91 Å². The van der Waals surface area contributed by atoms with E-state index in [9.17, 15) is 4.79 Å². The number of amides is 1. The zero-order valence-electron chi connectivity index (χ0n) is 12.4. The van der Waals surface area contributed by atoms with Gasteiger partial charge in [-0.25, -0.2) is 0 Å². The highest BCUT2D eigenvalue weighted by Crippen LogP contribution is 2.17. The van der Waals surface area contributed by atoms with Crippen LogP contribution in [0, 0.1) is 11.3 Å². The Morgan fingerprint density at radius 3 is 2.95 bits per heavy atom. The van der Waals surface area contributed by atoms with Crippen LogP contribution in [0.1, 0.15) is 17.5 Å². The first-order valence-electron chi connectivity index (χ1n) is 7.58. The van der Waals surface area contributed by atoms with Crippen LogP contribution in [0.4, 0.5) is 0 Å². The minimum absolute atomic E-state index is 0.0443. The van der Waals surface area contributed by atoms with Gasteiger partial charge in [-0.1, -0.05) is 12.1 Å². The quantitative estimate of drug-likeness (QED) is 0.864. The molecule has 1 amide bonds. The van der Waals surface area contributed by atoms with Gasteiger partial charge in [-0.05, 0) is 24.1 Å². The Labute approximate surface area is 135 Å². The van der Waals surface area contributed by atoms with Crippen LogP contribution in [0.5, 0.6) is 0 Å². The number of nitrogens with zero attached hydrogens (tertiary/aromatic N) is 2. The molecule has 2 heterocycles. The van der Waals surface area contributed by atoms with Gasteiger partial charge < -0.3 is 15.5 Å². The minimum atomic E-state index is -0.0443. The van der Waals surface area contributed by atoms with Gasteiger partial charge in [0.1, 0.15) is 0 Å². The zero-order chi connectivity index (χ0) is 15.4. The maximum absolute atomic E-state index is 12.3. The number of hydrogen-bond acceptors (Lipinski definition) is 5. The third kappa shape index (κ3) is 3.61. The molecule has 2 saturated heterocycles. The van der Waals surface area contributed by atoms with E-state index in [1.165, 1.54) is 0 Å². The number of carbonyl (C=O) groups excluding carboxylic acids is 1. The van der Waals surface area contributed by atoms with Gasteiger partial charge in [-0.3, -0.25) is 4.79 Å². The molecule has 0 radical (unpaired) electrons. The second kappa shape index (κ2) is 7.14. The lowest BCUT2D eigenvalue weighted by atomic mass is 10.1. The summed E-state index contributed by atoms with van der Waals surface area (Å²) in [6.45, 7) is 2.47. The molecule has 2 aliphatic rings. The lowest BCUT2D eigenvalue weighted by molar-refractivity contribution is -0.131. The summed E-state index contributed by atoms with van der Waals surface area (Å²) in [6.07, 6.45) is 0.844. The molecule has 1 aromatic carbocycles. The van der Waals surface area contributed by atoms with E-state index in [1.54, 1.807) is 0 Å². The molecule has 2 fully saturated rings. The van der Waals surface area contributed by atoms with E-state index in [2.05, 4.69) is 16.7 Å². The number of benzene rings is 1. The van der Waals surface area contributed by atoms with Gasteiger partial charge >= 0.3 is 0 Å². The summed E-state index contributed by atoms with van der Waals surface area (Å²) < 4.78 is 0. The van der Waals surface area contributed by atoms with Crippen LogP contribution in [0.15, 0.2) is 24.3 Å².